The molecule has 43 heavy (non-hydrogen) atoms. The summed E-state index contributed by atoms with van der Waals surface area (Å²) in [7, 11) is -0.192. The van der Waals surface area contributed by atoms with Crippen LogP contribution in [0.5, 0.6) is 0 Å². The maximum absolute atomic E-state index is 13.4. The number of aryl methyl sites for hydroxylation is 1. The molecular weight excluding hydrogens is 546 g/mol. The van der Waals surface area contributed by atoms with Crippen LogP contribution in [0, 0.1) is 17.7 Å². The fourth-order valence-corrected chi connectivity index (χ4v) is 6.18. The molecule has 0 radical (unpaired) electrons. The van der Waals surface area contributed by atoms with Crippen molar-refractivity contribution < 1.29 is 4.39 Å². The van der Waals surface area contributed by atoms with E-state index in [1.54, 1.807) is 12.1 Å². The van der Waals surface area contributed by atoms with Crippen LogP contribution in [-0.2, 0) is 19.4 Å². The van der Waals surface area contributed by atoms with Crippen molar-refractivity contribution in [3.63, 3.8) is 0 Å². The molecule has 0 aromatic heterocycles. The summed E-state index contributed by atoms with van der Waals surface area (Å²) < 4.78 is 13.4. The van der Waals surface area contributed by atoms with E-state index in [1.165, 1.54) is 34.4 Å². The molecule has 0 heterocycles. The molecule has 0 aliphatic rings. The summed E-state index contributed by atoms with van der Waals surface area (Å²) in [6, 6.07) is 34.6. The predicted octanol–water partition coefficient (Wildman–Crippen LogP) is 9.50. The molecule has 0 saturated heterocycles. The minimum absolute atomic E-state index is 0.0652. The highest BCUT2D eigenvalue weighted by atomic mass is 31.1. The molecule has 2 atom stereocenters. The number of halogens is 1. The van der Waals surface area contributed by atoms with Gasteiger partial charge in [-0.1, -0.05) is 111 Å². The minimum Gasteiger partial charge on any atom is -0.378 e. The van der Waals surface area contributed by atoms with E-state index in [-0.39, 0.29) is 19.8 Å². The number of rotatable bonds is 13. The maximum Gasteiger partial charge on any atom is 0.123 e. The number of allylic oxidation sites excluding steroid dienone is 3. The lowest BCUT2D eigenvalue weighted by atomic mass is 10.0. The van der Waals surface area contributed by atoms with Crippen molar-refractivity contribution in [2.75, 3.05) is 18.6 Å². The van der Waals surface area contributed by atoms with Gasteiger partial charge in [-0.2, -0.15) is 0 Å². The van der Waals surface area contributed by atoms with Gasteiger partial charge in [0.05, 0.1) is 5.78 Å². The van der Waals surface area contributed by atoms with Crippen molar-refractivity contribution in [3.05, 3.63) is 161 Å². The van der Waals surface area contributed by atoms with Gasteiger partial charge in [0.1, 0.15) is 5.82 Å². The second-order valence-corrected chi connectivity index (χ2v) is 13.3. The Labute approximate surface area is 258 Å². The van der Waals surface area contributed by atoms with Crippen LogP contribution in [-0.4, -0.2) is 19.4 Å². The van der Waals surface area contributed by atoms with Crippen molar-refractivity contribution in [2.45, 2.75) is 44.6 Å². The average Bonchev–Trinajstić information content (AvgIpc) is 3.01. The van der Waals surface area contributed by atoms with E-state index >= 15 is 0 Å². The highest BCUT2D eigenvalue weighted by Crippen LogP contribution is 2.43. The monoisotopic (exact) mass is 588 g/mol. The van der Waals surface area contributed by atoms with Crippen molar-refractivity contribution in [1.82, 2.24) is 5.32 Å². The molecule has 0 spiro atoms. The van der Waals surface area contributed by atoms with Crippen LogP contribution in [0.1, 0.15) is 46.9 Å². The molecule has 4 aromatic carbocycles. The normalized spacial score (nSPS) is 12.8. The molecule has 0 saturated carbocycles. The van der Waals surface area contributed by atoms with Crippen molar-refractivity contribution >= 4 is 13.6 Å². The molecule has 0 aliphatic heterocycles. The molecule has 0 amide bonds. The van der Waals surface area contributed by atoms with Crippen LogP contribution in [0.3, 0.4) is 0 Å². The third kappa shape index (κ3) is 11.0. The first-order valence-electron chi connectivity index (χ1n) is 14.9. The molecule has 0 aliphatic carbocycles. The van der Waals surface area contributed by atoms with E-state index in [0.717, 1.165) is 37.1 Å². The largest absolute Gasteiger partial charge is 0.378 e. The van der Waals surface area contributed by atoms with Crippen molar-refractivity contribution in [2.24, 2.45) is 0 Å². The molecule has 4 rings (SSSR count). The van der Waals surface area contributed by atoms with E-state index < -0.39 is 0 Å². The molecule has 2 N–H and O–H groups in total. The lowest BCUT2D eigenvalue weighted by Crippen LogP contribution is -2.19. The van der Waals surface area contributed by atoms with Gasteiger partial charge in [0.15, 0.2) is 0 Å². The average molecular weight is 589 g/mol. The zero-order valence-electron chi connectivity index (χ0n) is 25.4. The summed E-state index contributed by atoms with van der Waals surface area (Å²) in [6.45, 7) is 7.54. The Morgan fingerprint density at radius 2 is 1.56 bits per heavy atom. The highest BCUT2D eigenvalue weighted by Gasteiger charge is 2.15. The molecule has 220 valence electrons. The lowest BCUT2D eigenvalue weighted by Gasteiger charge is -2.24. The lowest BCUT2D eigenvalue weighted by molar-refractivity contribution is 0.628. The first-order chi connectivity index (χ1) is 21.0. The van der Waals surface area contributed by atoms with Crippen molar-refractivity contribution in [1.29, 1.82) is 0 Å². The standard InChI is InChI=1S/C39H42FN2P/c1-4-5-7-22-38(42-37-25-23-36(40)24-26-37)29-34-20-12-18-31(27-34)14-10-11-15-32-19-13-21-35(28-32)39(43(2)3)41-30-33-16-8-6-9-17-33/h4-9,12-13,16-28,38-39,41-42H,11,15,29-30H2,1-3H3/b5-4+,22-7+. The third-order valence-electron chi connectivity index (χ3n) is 7.12. The number of anilines is 1. The van der Waals surface area contributed by atoms with Gasteiger partial charge >= 0.3 is 0 Å². The van der Waals surface area contributed by atoms with Gasteiger partial charge in [-0.05, 0) is 91.7 Å². The van der Waals surface area contributed by atoms with Crippen LogP contribution in [0.4, 0.5) is 10.1 Å². The zero-order valence-corrected chi connectivity index (χ0v) is 26.3. The number of hydrogen-bond donors (Lipinski definition) is 2. The smallest absolute Gasteiger partial charge is 0.123 e. The number of nitrogens with one attached hydrogen (secondary N) is 2. The first-order valence-corrected chi connectivity index (χ1v) is 17.2. The summed E-state index contributed by atoms with van der Waals surface area (Å²) in [5.41, 5.74) is 7.11. The molecular formula is C39H42FN2P. The van der Waals surface area contributed by atoms with Gasteiger partial charge in [-0.3, -0.25) is 0 Å². The Kier molecular flexibility index (Phi) is 12.8. The molecule has 0 bridgehead atoms. The fourth-order valence-electron chi connectivity index (χ4n) is 4.97. The van der Waals surface area contributed by atoms with Crippen LogP contribution >= 0.6 is 7.92 Å². The summed E-state index contributed by atoms with van der Waals surface area (Å²) in [4.78, 5) is 0. The van der Waals surface area contributed by atoms with E-state index in [1.807, 2.05) is 25.2 Å². The summed E-state index contributed by atoms with van der Waals surface area (Å²) in [5, 5.41) is 7.30. The molecule has 2 unspecified atom stereocenters. The Bertz CT molecular complexity index is 1530. The first kappa shape index (κ1) is 32.0. The Balaban J connectivity index is 1.36. The maximum atomic E-state index is 13.4. The second-order valence-electron chi connectivity index (χ2n) is 10.9. The predicted molar refractivity (Wildman–Crippen MR) is 184 cm³/mol. The molecule has 4 heteroatoms. The van der Waals surface area contributed by atoms with Gasteiger partial charge in [0, 0.05) is 30.3 Å². The van der Waals surface area contributed by atoms with Crippen molar-refractivity contribution in [3.8, 4) is 11.8 Å². The van der Waals surface area contributed by atoms with E-state index in [2.05, 4.69) is 121 Å². The van der Waals surface area contributed by atoms with Crippen LogP contribution in [0.2, 0.25) is 0 Å². The summed E-state index contributed by atoms with van der Waals surface area (Å²) in [6.07, 6.45) is 10.7. The quantitative estimate of drug-likeness (QED) is 0.0923. The third-order valence-corrected chi connectivity index (χ3v) is 8.64. The van der Waals surface area contributed by atoms with Gasteiger partial charge in [0.25, 0.3) is 0 Å². The molecule has 0 fully saturated rings. The van der Waals surface area contributed by atoms with Crippen LogP contribution in [0.15, 0.2) is 127 Å². The van der Waals surface area contributed by atoms with Gasteiger partial charge in [-0.25, -0.2) is 4.39 Å². The minimum atomic E-state index is -0.234. The van der Waals surface area contributed by atoms with Gasteiger partial charge < -0.3 is 10.6 Å². The molecule has 2 nitrogen and oxygen atoms in total. The Morgan fingerprint density at radius 3 is 2.33 bits per heavy atom. The Morgan fingerprint density at radius 1 is 0.814 bits per heavy atom. The molecule has 4 aromatic rings. The van der Waals surface area contributed by atoms with Crippen LogP contribution in [0.25, 0.3) is 0 Å². The number of benzene rings is 4. The Hall–Kier alpha value is -3.96. The topological polar surface area (TPSA) is 24.1 Å². The van der Waals surface area contributed by atoms with Crippen LogP contribution < -0.4 is 10.6 Å². The van der Waals surface area contributed by atoms with E-state index in [9.17, 15) is 4.39 Å². The van der Waals surface area contributed by atoms with E-state index in [0.29, 0.717) is 5.78 Å². The summed E-state index contributed by atoms with van der Waals surface area (Å²) in [5.74, 6) is 6.91. The fraction of sp³-hybridized carbons (Fsp3) is 0.231. The highest BCUT2D eigenvalue weighted by molar-refractivity contribution is 7.56. The second kappa shape index (κ2) is 17.2. The van der Waals surface area contributed by atoms with Gasteiger partial charge in [0.2, 0.25) is 0 Å². The summed E-state index contributed by atoms with van der Waals surface area (Å²) >= 11 is 0. The zero-order chi connectivity index (χ0) is 30.3. The van der Waals surface area contributed by atoms with Gasteiger partial charge in [-0.15, -0.1) is 0 Å². The SMILES string of the molecule is C/C=C/C=C/C(Cc1cccc(C#CCCc2cccc(C(NCc3ccccc3)P(C)C)c2)c1)Nc1ccc(F)cc1. The van der Waals surface area contributed by atoms with E-state index in [4.69, 9.17) is 0 Å². The number of hydrogen-bond acceptors (Lipinski definition) is 2.